The van der Waals surface area contributed by atoms with E-state index in [2.05, 4.69) is 20.3 Å². The van der Waals surface area contributed by atoms with Gasteiger partial charge >= 0.3 is 0 Å². The highest BCUT2D eigenvalue weighted by Crippen LogP contribution is 2.30. The van der Waals surface area contributed by atoms with Gasteiger partial charge in [0.25, 0.3) is 5.91 Å². The van der Waals surface area contributed by atoms with Crippen LogP contribution < -0.4 is 5.32 Å². The van der Waals surface area contributed by atoms with E-state index in [1.807, 2.05) is 60.4 Å². The maximum atomic E-state index is 13.0. The third kappa shape index (κ3) is 5.80. The summed E-state index contributed by atoms with van der Waals surface area (Å²) in [5, 5.41) is 2.87. The molecule has 170 valence electrons. The minimum atomic E-state index is -0.239. The van der Waals surface area contributed by atoms with Gasteiger partial charge in [-0.2, -0.15) is 0 Å². The summed E-state index contributed by atoms with van der Waals surface area (Å²) in [4.78, 5) is 41.1. The Morgan fingerprint density at radius 1 is 1.06 bits per heavy atom. The van der Waals surface area contributed by atoms with Crippen molar-refractivity contribution in [3.8, 4) is 0 Å². The summed E-state index contributed by atoms with van der Waals surface area (Å²) in [6.45, 7) is 2.53. The number of carbonyl (C=O) groups excluding carboxylic acids is 2. The van der Waals surface area contributed by atoms with Crippen molar-refractivity contribution in [2.24, 2.45) is 0 Å². The van der Waals surface area contributed by atoms with Crippen LogP contribution in [0.25, 0.3) is 0 Å². The first kappa shape index (κ1) is 22.6. The van der Waals surface area contributed by atoms with Crippen molar-refractivity contribution < 1.29 is 9.59 Å². The molecule has 0 aliphatic carbocycles. The van der Waals surface area contributed by atoms with Gasteiger partial charge in [-0.05, 0) is 63.3 Å². The molecule has 3 aromatic rings. The van der Waals surface area contributed by atoms with Gasteiger partial charge in [-0.1, -0.05) is 24.3 Å². The second-order valence-electron chi connectivity index (χ2n) is 8.32. The number of para-hydroxylation sites is 1. The Kier molecular flexibility index (Phi) is 7.40. The van der Waals surface area contributed by atoms with Crippen LogP contribution >= 0.6 is 0 Å². The zero-order valence-corrected chi connectivity index (χ0v) is 18.9. The Bertz CT molecular complexity index is 1090. The zero-order valence-electron chi connectivity index (χ0n) is 18.9. The molecule has 2 aromatic heterocycles. The van der Waals surface area contributed by atoms with Gasteiger partial charge in [0.05, 0.1) is 17.3 Å². The smallest absolute Gasteiger partial charge is 0.259 e. The van der Waals surface area contributed by atoms with Crippen LogP contribution in [0.1, 0.15) is 65.7 Å². The zero-order chi connectivity index (χ0) is 23.0. The molecule has 1 aromatic carbocycles. The summed E-state index contributed by atoms with van der Waals surface area (Å²) in [7, 11) is 0. The van der Waals surface area contributed by atoms with Gasteiger partial charge in [-0.25, -0.2) is 9.97 Å². The number of benzene rings is 1. The molecule has 7 nitrogen and oxygen atoms in total. The number of pyridine rings is 1. The Balaban J connectivity index is 1.42. The van der Waals surface area contributed by atoms with Crippen LogP contribution in [-0.4, -0.2) is 38.2 Å². The number of hydrogen-bond donors (Lipinski definition) is 1. The van der Waals surface area contributed by atoms with E-state index in [1.165, 1.54) is 0 Å². The van der Waals surface area contributed by atoms with Crippen molar-refractivity contribution in [1.82, 2.24) is 19.9 Å². The standard InChI is InChI=1S/C26H29N5O2/c1-19-22(26(33)30-21-11-3-2-4-12-21)18-28-25(29-19)23-14-6-8-17-31(23)24(32)15-9-13-20-10-5-7-16-27-20/h2-5,7,10-12,16,18,23H,6,8-9,13-15,17H2,1H3,(H,30,33)/t23-/m0/s1. The normalized spacial score (nSPS) is 15.8. The highest BCUT2D eigenvalue weighted by Gasteiger charge is 2.30. The number of likely N-dealkylation sites (tertiary alicyclic amines) is 1. The van der Waals surface area contributed by atoms with Gasteiger partial charge in [0, 0.05) is 36.7 Å². The van der Waals surface area contributed by atoms with Gasteiger partial charge in [0.15, 0.2) is 5.82 Å². The molecule has 4 rings (SSSR count). The third-order valence-electron chi connectivity index (χ3n) is 5.95. The lowest BCUT2D eigenvalue weighted by atomic mass is 10.00. The van der Waals surface area contributed by atoms with Crippen molar-refractivity contribution in [3.05, 3.63) is 83.7 Å². The summed E-state index contributed by atoms with van der Waals surface area (Å²) >= 11 is 0. The van der Waals surface area contributed by atoms with E-state index in [0.717, 1.165) is 43.5 Å². The quantitative estimate of drug-likeness (QED) is 0.580. The van der Waals surface area contributed by atoms with Crippen molar-refractivity contribution in [2.45, 2.75) is 51.5 Å². The number of carbonyl (C=O) groups is 2. The number of nitrogens with one attached hydrogen (secondary N) is 1. The first-order chi connectivity index (χ1) is 16.1. The summed E-state index contributed by atoms with van der Waals surface area (Å²) in [6.07, 6.45) is 8.23. The molecule has 7 heteroatoms. The maximum Gasteiger partial charge on any atom is 0.259 e. The summed E-state index contributed by atoms with van der Waals surface area (Å²) in [5.74, 6) is 0.501. The van der Waals surface area contributed by atoms with E-state index in [4.69, 9.17) is 0 Å². The molecule has 1 saturated heterocycles. The first-order valence-electron chi connectivity index (χ1n) is 11.5. The number of piperidine rings is 1. The molecule has 0 radical (unpaired) electrons. The molecule has 33 heavy (non-hydrogen) atoms. The molecule has 0 spiro atoms. The molecule has 1 aliphatic heterocycles. The molecule has 0 unspecified atom stereocenters. The molecule has 1 N–H and O–H groups in total. The number of hydrogen-bond acceptors (Lipinski definition) is 5. The molecule has 1 fully saturated rings. The Morgan fingerprint density at radius 2 is 1.88 bits per heavy atom. The van der Waals surface area contributed by atoms with Crippen molar-refractivity contribution in [1.29, 1.82) is 0 Å². The highest BCUT2D eigenvalue weighted by molar-refractivity contribution is 6.04. The lowest BCUT2D eigenvalue weighted by molar-refractivity contribution is -0.135. The van der Waals surface area contributed by atoms with Crippen molar-refractivity contribution in [2.75, 3.05) is 11.9 Å². The number of amides is 2. The Hall–Kier alpha value is -3.61. The van der Waals surface area contributed by atoms with Crippen LogP contribution in [0.2, 0.25) is 0 Å². The topological polar surface area (TPSA) is 88.1 Å². The van der Waals surface area contributed by atoms with Crippen LogP contribution in [0.3, 0.4) is 0 Å². The lowest BCUT2D eigenvalue weighted by Crippen LogP contribution is -2.39. The highest BCUT2D eigenvalue weighted by atomic mass is 16.2. The first-order valence-corrected chi connectivity index (χ1v) is 11.5. The van der Waals surface area contributed by atoms with E-state index < -0.39 is 0 Å². The lowest BCUT2D eigenvalue weighted by Gasteiger charge is -2.35. The van der Waals surface area contributed by atoms with E-state index in [-0.39, 0.29) is 17.9 Å². The molecule has 0 bridgehead atoms. The molecule has 1 aliphatic rings. The predicted molar refractivity (Wildman–Crippen MR) is 127 cm³/mol. The van der Waals surface area contributed by atoms with Crippen LogP contribution in [0.5, 0.6) is 0 Å². The van der Waals surface area contributed by atoms with E-state index >= 15 is 0 Å². The maximum absolute atomic E-state index is 13.0. The number of anilines is 1. The van der Waals surface area contributed by atoms with Crippen molar-refractivity contribution in [3.63, 3.8) is 0 Å². The third-order valence-corrected chi connectivity index (χ3v) is 5.95. The Labute approximate surface area is 194 Å². The molecule has 1 atom stereocenters. The fourth-order valence-electron chi connectivity index (χ4n) is 4.20. The van der Waals surface area contributed by atoms with Crippen LogP contribution in [0.4, 0.5) is 5.69 Å². The predicted octanol–water partition coefficient (Wildman–Crippen LogP) is 4.51. The van der Waals surface area contributed by atoms with Gasteiger partial charge < -0.3 is 10.2 Å². The molecule has 3 heterocycles. The fourth-order valence-corrected chi connectivity index (χ4v) is 4.20. The minimum Gasteiger partial charge on any atom is -0.332 e. The molecular weight excluding hydrogens is 414 g/mol. The monoisotopic (exact) mass is 443 g/mol. The van der Waals surface area contributed by atoms with Crippen LogP contribution in [0, 0.1) is 6.92 Å². The second kappa shape index (κ2) is 10.8. The van der Waals surface area contributed by atoms with Crippen molar-refractivity contribution >= 4 is 17.5 Å². The number of aromatic nitrogens is 3. The van der Waals surface area contributed by atoms with E-state index in [1.54, 1.807) is 12.4 Å². The van der Waals surface area contributed by atoms with Gasteiger partial charge in [-0.15, -0.1) is 0 Å². The summed E-state index contributed by atoms with van der Waals surface area (Å²) < 4.78 is 0. The van der Waals surface area contributed by atoms with Gasteiger partial charge in [0.1, 0.15) is 0 Å². The molecule has 2 amide bonds. The fraction of sp³-hybridized carbons (Fsp3) is 0.346. The largest absolute Gasteiger partial charge is 0.332 e. The average Bonchev–Trinajstić information content (AvgIpc) is 2.85. The van der Waals surface area contributed by atoms with E-state index in [9.17, 15) is 9.59 Å². The number of aryl methyl sites for hydroxylation is 2. The SMILES string of the molecule is Cc1nc([C@@H]2CCCCN2C(=O)CCCc2ccccn2)ncc1C(=O)Nc1ccccc1. The van der Waals surface area contributed by atoms with Gasteiger partial charge in [-0.3, -0.25) is 14.6 Å². The van der Waals surface area contributed by atoms with E-state index in [0.29, 0.717) is 30.0 Å². The average molecular weight is 444 g/mol. The number of rotatable bonds is 7. The number of nitrogens with zero attached hydrogens (tertiary/aromatic N) is 4. The van der Waals surface area contributed by atoms with Crippen LogP contribution in [-0.2, 0) is 11.2 Å². The molecular formula is C26H29N5O2. The Morgan fingerprint density at radius 3 is 2.64 bits per heavy atom. The summed E-state index contributed by atoms with van der Waals surface area (Å²) in [5.41, 5.74) is 2.78. The van der Waals surface area contributed by atoms with Crippen LogP contribution in [0.15, 0.2) is 60.9 Å². The molecule has 0 saturated carbocycles. The second-order valence-corrected chi connectivity index (χ2v) is 8.32. The van der Waals surface area contributed by atoms with Gasteiger partial charge in [0.2, 0.25) is 5.91 Å². The minimum absolute atomic E-state index is 0.128. The summed E-state index contributed by atoms with van der Waals surface area (Å²) in [6, 6.07) is 15.0.